The van der Waals surface area contributed by atoms with Gasteiger partial charge in [0.25, 0.3) is 0 Å². The molecule has 0 aliphatic rings. The lowest BCUT2D eigenvalue weighted by Crippen LogP contribution is -2.23. The van der Waals surface area contributed by atoms with E-state index in [2.05, 4.69) is 5.32 Å². The molecule has 4 nitrogen and oxygen atoms in total. The molecule has 24 heavy (non-hydrogen) atoms. The minimum atomic E-state index is -0.256. The van der Waals surface area contributed by atoms with E-state index in [1.165, 1.54) is 17.8 Å². The zero-order valence-electron chi connectivity index (χ0n) is 13.7. The zero-order valence-corrected chi connectivity index (χ0v) is 14.5. The second-order valence-corrected chi connectivity index (χ2v) is 6.13. The predicted molar refractivity (Wildman–Crippen MR) is 93.1 cm³/mol. The molecule has 2 rings (SSSR count). The maximum atomic E-state index is 13.5. The second kappa shape index (κ2) is 9.17. The molecule has 0 spiro atoms. The maximum absolute atomic E-state index is 13.5. The van der Waals surface area contributed by atoms with E-state index in [1.807, 2.05) is 12.1 Å². The standard InChI is InChI=1S/C18H20FNO3S/c1-22-15-8-7-13(11-16(15)23-2)12-20-18(21)9-10-24-17-6-4-3-5-14(17)19/h3-8,11H,9-10,12H2,1-2H3,(H,20,21). The van der Waals surface area contributed by atoms with Gasteiger partial charge in [-0.2, -0.15) is 0 Å². The lowest BCUT2D eigenvalue weighted by Gasteiger charge is -2.10. The smallest absolute Gasteiger partial charge is 0.221 e. The third kappa shape index (κ3) is 5.16. The van der Waals surface area contributed by atoms with Gasteiger partial charge < -0.3 is 14.8 Å². The average Bonchev–Trinajstić information content (AvgIpc) is 2.61. The van der Waals surface area contributed by atoms with Gasteiger partial charge in [0.05, 0.1) is 14.2 Å². The summed E-state index contributed by atoms with van der Waals surface area (Å²) in [7, 11) is 3.15. The van der Waals surface area contributed by atoms with Gasteiger partial charge in [-0.1, -0.05) is 18.2 Å². The molecule has 0 fully saturated rings. The van der Waals surface area contributed by atoms with Crippen LogP contribution in [0.3, 0.4) is 0 Å². The molecule has 0 aromatic heterocycles. The van der Waals surface area contributed by atoms with Crippen LogP contribution in [0.2, 0.25) is 0 Å². The molecule has 0 aliphatic heterocycles. The van der Waals surface area contributed by atoms with Crippen LogP contribution in [0.25, 0.3) is 0 Å². The minimum Gasteiger partial charge on any atom is -0.493 e. The predicted octanol–water partition coefficient (Wildman–Crippen LogP) is 3.64. The Balaban J connectivity index is 1.78. The molecule has 1 amide bonds. The number of hydrogen-bond acceptors (Lipinski definition) is 4. The number of carbonyl (C=O) groups excluding carboxylic acids is 1. The number of amides is 1. The first-order valence-corrected chi connectivity index (χ1v) is 8.47. The molecule has 128 valence electrons. The molecule has 2 aromatic carbocycles. The first-order chi connectivity index (χ1) is 11.6. The monoisotopic (exact) mass is 349 g/mol. The summed E-state index contributed by atoms with van der Waals surface area (Å²) in [5, 5.41) is 2.85. The van der Waals surface area contributed by atoms with E-state index in [0.717, 1.165) is 5.56 Å². The van der Waals surface area contributed by atoms with E-state index in [-0.39, 0.29) is 11.7 Å². The van der Waals surface area contributed by atoms with Crippen LogP contribution in [0.1, 0.15) is 12.0 Å². The van der Waals surface area contributed by atoms with E-state index in [1.54, 1.807) is 38.5 Å². The molecule has 0 saturated carbocycles. The Kier molecular flexibility index (Phi) is 6.93. The summed E-state index contributed by atoms with van der Waals surface area (Å²) >= 11 is 1.34. The number of ether oxygens (including phenoxy) is 2. The highest BCUT2D eigenvalue weighted by Crippen LogP contribution is 2.27. The van der Waals surface area contributed by atoms with Crippen molar-refractivity contribution in [2.24, 2.45) is 0 Å². The fourth-order valence-electron chi connectivity index (χ4n) is 2.10. The van der Waals surface area contributed by atoms with E-state index < -0.39 is 0 Å². The largest absolute Gasteiger partial charge is 0.493 e. The van der Waals surface area contributed by atoms with Crippen molar-refractivity contribution in [2.75, 3.05) is 20.0 Å². The molecule has 0 bridgehead atoms. The van der Waals surface area contributed by atoms with Crippen molar-refractivity contribution in [1.29, 1.82) is 0 Å². The van der Waals surface area contributed by atoms with Crippen molar-refractivity contribution in [3.05, 3.63) is 53.8 Å². The fraction of sp³-hybridized carbons (Fsp3) is 0.278. The normalized spacial score (nSPS) is 10.3. The Morgan fingerprint density at radius 3 is 2.58 bits per heavy atom. The van der Waals surface area contributed by atoms with Crippen molar-refractivity contribution < 1.29 is 18.7 Å². The van der Waals surface area contributed by atoms with Gasteiger partial charge in [0.15, 0.2) is 11.5 Å². The number of thioether (sulfide) groups is 1. The molecule has 2 aromatic rings. The summed E-state index contributed by atoms with van der Waals surface area (Å²) in [6.07, 6.45) is 0.326. The molecule has 0 atom stereocenters. The van der Waals surface area contributed by atoms with Crippen LogP contribution in [-0.2, 0) is 11.3 Å². The van der Waals surface area contributed by atoms with E-state index in [4.69, 9.17) is 9.47 Å². The van der Waals surface area contributed by atoms with Gasteiger partial charge in [-0.25, -0.2) is 4.39 Å². The Morgan fingerprint density at radius 2 is 1.88 bits per heavy atom. The Labute approximate surface area is 145 Å². The van der Waals surface area contributed by atoms with Crippen molar-refractivity contribution in [3.8, 4) is 11.5 Å². The van der Waals surface area contributed by atoms with Gasteiger partial charge in [-0.3, -0.25) is 4.79 Å². The van der Waals surface area contributed by atoms with Gasteiger partial charge >= 0.3 is 0 Å². The number of halogens is 1. The summed E-state index contributed by atoms with van der Waals surface area (Å²) in [6, 6.07) is 12.1. The number of rotatable bonds is 8. The topological polar surface area (TPSA) is 47.6 Å². The second-order valence-electron chi connectivity index (χ2n) is 4.99. The molecule has 0 radical (unpaired) electrons. The summed E-state index contributed by atoms with van der Waals surface area (Å²) in [5.41, 5.74) is 0.919. The number of benzene rings is 2. The molecule has 0 unspecified atom stereocenters. The number of carbonyl (C=O) groups is 1. The molecule has 0 heterocycles. The third-order valence-electron chi connectivity index (χ3n) is 3.36. The fourth-order valence-corrected chi connectivity index (χ4v) is 2.98. The quantitative estimate of drug-likeness (QED) is 0.739. The summed E-state index contributed by atoms with van der Waals surface area (Å²) in [5.74, 6) is 1.47. The van der Waals surface area contributed by atoms with E-state index in [0.29, 0.717) is 35.1 Å². The lowest BCUT2D eigenvalue weighted by molar-refractivity contribution is -0.120. The average molecular weight is 349 g/mol. The third-order valence-corrected chi connectivity index (χ3v) is 4.41. The van der Waals surface area contributed by atoms with Crippen molar-refractivity contribution in [1.82, 2.24) is 5.32 Å². The minimum absolute atomic E-state index is 0.0753. The van der Waals surface area contributed by atoms with Crippen molar-refractivity contribution in [2.45, 2.75) is 17.9 Å². The van der Waals surface area contributed by atoms with Crippen LogP contribution < -0.4 is 14.8 Å². The summed E-state index contributed by atoms with van der Waals surface area (Å²) < 4.78 is 23.9. The van der Waals surface area contributed by atoms with Crippen molar-refractivity contribution >= 4 is 17.7 Å². The number of methoxy groups -OCH3 is 2. The summed E-state index contributed by atoms with van der Waals surface area (Å²) in [4.78, 5) is 12.5. The van der Waals surface area contributed by atoms with Crippen LogP contribution in [0.4, 0.5) is 4.39 Å². The van der Waals surface area contributed by atoms with Gasteiger partial charge in [0, 0.05) is 23.6 Å². The first-order valence-electron chi connectivity index (χ1n) is 7.49. The molecule has 6 heteroatoms. The van der Waals surface area contributed by atoms with Crippen LogP contribution >= 0.6 is 11.8 Å². The van der Waals surface area contributed by atoms with Crippen LogP contribution in [0.5, 0.6) is 11.5 Å². The maximum Gasteiger partial charge on any atom is 0.221 e. The van der Waals surface area contributed by atoms with E-state index in [9.17, 15) is 9.18 Å². The lowest BCUT2D eigenvalue weighted by atomic mass is 10.2. The zero-order chi connectivity index (χ0) is 17.4. The van der Waals surface area contributed by atoms with Gasteiger partial charge in [-0.05, 0) is 29.8 Å². The molecular formula is C18H20FNO3S. The van der Waals surface area contributed by atoms with Gasteiger partial charge in [-0.15, -0.1) is 11.8 Å². The Morgan fingerprint density at radius 1 is 1.12 bits per heavy atom. The Hall–Kier alpha value is -2.21. The van der Waals surface area contributed by atoms with E-state index >= 15 is 0 Å². The molecule has 1 N–H and O–H groups in total. The first kappa shape index (κ1) is 18.1. The highest BCUT2D eigenvalue weighted by molar-refractivity contribution is 7.99. The van der Waals surface area contributed by atoms with Crippen LogP contribution in [0.15, 0.2) is 47.4 Å². The SMILES string of the molecule is COc1ccc(CNC(=O)CCSc2ccccc2F)cc1OC. The van der Waals surface area contributed by atoms with Crippen LogP contribution in [0, 0.1) is 5.82 Å². The van der Waals surface area contributed by atoms with Crippen molar-refractivity contribution in [3.63, 3.8) is 0 Å². The van der Waals surface area contributed by atoms with Gasteiger partial charge in [0.2, 0.25) is 5.91 Å². The highest BCUT2D eigenvalue weighted by atomic mass is 32.2. The summed E-state index contributed by atoms with van der Waals surface area (Å²) in [6.45, 7) is 0.406. The number of nitrogens with one attached hydrogen (secondary N) is 1. The molecule has 0 saturated heterocycles. The molecular weight excluding hydrogens is 329 g/mol. The highest BCUT2D eigenvalue weighted by Gasteiger charge is 2.07. The van der Waals surface area contributed by atoms with Gasteiger partial charge in [0.1, 0.15) is 5.82 Å². The van der Waals surface area contributed by atoms with Crippen LogP contribution in [-0.4, -0.2) is 25.9 Å². The molecule has 0 aliphatic carbocycles. The Bertz CT molecular complexity index is 694. The number of hydrogen-bond donors (Lipinski definition) is 1.